The van der Waals surface area contributed by atoms with E-state index < -0.39 is 18.0 Å². The lowest BCUT2D eigenvalue weighted by atomic mass is 10.1. The minimum atomic E-state index is -1.82. The normalized spacial score (nSPS) is 12.0. The second-order valence-electron chi connectivity index (χ2n) is 4.96. The molecule has 7 nitrogen and oxygen atoms in total. The van der Waals surface area contributed by atoms with Gasteiger partial charge in [0.1, 0.15) is 0 Å². The van der Waals surface area contributed by atoms with Crippen molar-refractivity contribution < 1.29 is 30.0 Å². The van der Waals surface area contributed by atoms with E-state index >= 15 is 0 Å². The van der Waals surface area contributed by atoms with Gasteiger partial charge in [0.25, 0.3) is 0 Å². The molecule has 0 heterocycles. The number of hydrogen-bond acceptors (Lipinski definition) is 5. The highest BCUT2D eigenvalue weighted by Crippen LogP contribution is 2.12. The molecule has 0 fully saturated rings. The molecule has 5 N–H and O–H groups in total. The Bertz CT molecular complexity index is 434. The number of carboxylic acid groups (broad SMARTS) is 2. The number of hydrogen-bond donors (Lipinski definition) is 5. The molecule has 0 saturated carbocycles. The molecule has 1 unspecified atom stereocenters. The summed E-state index contributed by atoms with van der Waals surface area (Å²) < 4.78 is 0. The Kier molecular flexibility index (Phi) is 8.22. The van der Waals surface area contributed by atoms with E-state index in [-0.39, 0.29) is 12.1 Å². The highest BCUT2D eigenvalue weighted by atomic mass is 16.4. The number of nitrogens with one attached hydrogen (secondary N) is 1. The maximum absolute atomic E-state index is 9.84. The van der Waals surface area contributed by atoms with Crippen LogP contribution in [0, 0.1) is 0 Å². The van der Waals surface area contributed by atoms with Crippen LogP contribution in [0.15, 0.2) is 30.3 Å². The summed E-state index contributed by atoms with van der Waals surface area (Å²) in [5, 5.41) is 36.8. The fraction of sp³-hybridized carbons (Fsp3) is 0.429. The molecular formula is C14H21NO6. The Morgan fingerprint density at radius 1 is 1.14 bits per heavy atom. The fourth-order valence-corrected chi connectivity index (χ4v) is 1.22. The maximum Gasteiger partial charge on any atom is 0.414 e. The first kappa shape index (κ1) is 19.0. The Balaban J connectivity index is 0.000000567. The van der Waals surface area contributed by atoms with Crippen LogP contribution in [0.5, 0.6) is 0 Å². The number of aliphatic hydroxyl groups excluding tert-OH is 2. The zero-order valence-corrected chi connectivity index (χ0v) is 12.0. The van der Waals surface area contributed by atoms with Crippen LogP contribution >= 0.6 is 0 Å². The van der Waals surface area contributed by atoms with Crippen molar-refractivity contribution in [3.05, 3.63) is 35.9 Å². The number of aliphatic hydroxyl groups is 2. The van der Waals surface area contributed by atoms with E-state index in [1.807, 2.05) is 44.2 Å². The first-order valence-corrected chi connectivity index (χ1v) is 6.24. The van der Waals surface area contributed by atoms with Crippen molar-refractivity contribution in [2.75, 3.05) is 13.2 Å². The molecule has 0 spiro atoms. The Hall–Kier alpha value is -1.96. The topological polar surface area (TPSA) is 127 Å². The summed E-state index contributed by atoms with van der Waals surface area (Å²) in [7, 11) is 0. The van der Waals surface area contributed by atoms with Crippen molar-refractivity contribution in [2.24, 2.45) is 0 Å². The van der Waals surface area contributed by atoms with Gasteiger partial charge < -0.3 is 25.7 Å². The van der Waals surface area contributed by atoms with Crippen LogP contribution in [0.1, 0.15) is 25.5 Å². The monoisotopic (exact) mass is 299 g/mol. The lowest BCUT2D eigenvalue weighted by Crippen LogP contribution is -2.44. The van der Waals surface area contributed by atoms with Crippen molar-refractivity contribution in [1.29, 1.82) is 0 Å². The third-order valence-electron chi connectivity index (χ3n) is 2.54. The standard InChI is InChI=1S/C12H19NO2.C2H2O4/c1-12(2,9-14)13-8-11(15)10-6-4-3-5-7-10;3-1(4)2(5)6/h3-7,11,13-15H,8-9H2,1-2H3;(H,3,4)(H,5,6). The fourth-order valence-electron chi connectivity index (χ4n) is 1.22. The summed E-state index contributed by atoms with van der Waals surface area (Å²) >= 11 is 0. The smallest absolute Gasteiger partial charge is 0.414 e. The van der Waals surface area contributed by atoms with Crippen LogP contribution in [0.4, 0.5) is 0 Å². The Morgan fingerprint density at radius 2 is 1.62 bits per heavy atom. The molecule has 0 bridgehead atoms. The van der Waals surface area contributed by atoms with E-state index in [0.29, 0.717) is 6.54 Å². The van der Waals surface area contributed by atoms with Crippen LogP contribution in [0.2, 0.25) is 0 Å². The van der Waals surface area contributed by atoms with Gasteiger partial charge in [-0.1, -0.05) is 30.3 Å². The summed E-state index contributed by atoms with van der Waals surface area (Å²) in [6.07, 6.45) is -0.531. The van der Waals surface area contributed by atoms with Crippen molar-refractivity contribution >= 4 is 11.9 Å². The molecule has 0 aliphatic carbocycles. The largest absolute Gasteiger partial charge is 0.473 e. The predicted molar refractivity (Wildman–Crippen MR) is 75.8 cm³/mol. The van der Waals surface area contributed by atoms with Gasteiger partial charge in [0.2, 0.25) is 0 Å². The minimum Gasteiger partial charge on any atom is -0.473 e. The van der Waals surface area contributed by atoms with Gasteiger partial charge in [-0.15, -0.1) is 0 Å². The van der Waals surface area contributed by atoms with Crippen molar-refractivity contribution in [2.45, 2.75) is 25.5 Å². The average Bonchev–Trinajstić information content (AvgIpc) is 2.46. The third kappa shape index (κ3) is 8.74. The van der Waals surface area contributed by atoms with Crippen molar-refractivity contribution in [1.82, 2.24) is 5.32 Å². The van der Waals surface area contributed by atoms with Gasteiger partial charge in [0, 0.05) is 12.1 Å². The molecule has 7 heteroatoms. The number of benzene rings is 1. The number of carbonyl (C=O) groups is 2. The Labute approximate surface area is 122 Å². The summed E-state index contributed by atoms with van der Waals surface area (Å²) in [6.45, 7) is 4.28. The lowest BCUT2D eigenvalue weighted by Gasteiger charge is -2.25. The number of rotatable bonds is 5. The molecule has 0 aliphatic rings. The Morgan fingerprint density at radius 3 is 2.00 bits per heavy atom. The molecule has 21 heavy (non-hydrogen) atoms. The SMILES string of the molecule is CC(C)(CO)NCC(O)c1ccccc1.O=C(O)C(=O)O. The van der Waals surface area contributed by atoms with Gasteiger partial charge in [-0.3, -0.25) is 0 Å². The van der Waals surface area contributed by atoms with E-state index in [1.165, 1.54) is 0 Å². The maximum atomic E-state index is 9.84. The molecule has 0 saturated heterocycles. The number of carboxylic acids is 2. The first-order chi connectivity index (χ1) is 9.69. The molecule has 1 rings (SSSR count). The molecule has 1 atom stereocenters. The van der Waals surface area contributed by atoms with Gasteiger partial charge in [-0.05, 0) is 19.4 Å². The van der Waals surface area contributed by atoms with Crippen LogP contribution in [-0.4, -0.2) is 51.1 Å². The van der Waals surface area contributed by atoms with E-state index in [4.69, 9.17) is 24.9 Å². The average molecular weight is 299 g/mol. The second kappa shape index (κ2) is 9.06. The molecule has 118 valence electrons. The molecule has 0 amide bonds. The van der Waals surface area contributed by atoms with Crippen molar-refractivity contribution in [3.8, 4) is 0 Å². The van der Waals surface area contributed by atoms with E-state index in [0.717, 1.165) is 5.56 Å². The highest BCUT2D eigenvalue weighted by Gasteiger charge is 2.17. The van der Waals surface area contributed by atoms with Gasteiger partial charge in [0.05, 0.1) is 12.7 Å². The quantitative estimate of drug-likeness (QED) is 0.493. The van der Waals surface area contributed by atoms with Gasteiger partial charge in [0.15, 0.2) is 0 Å². The molecular weight excluding hydrogens is 278 g/mol. The van der Waals surface area contributed by atoms with Gasteiger partial charge >= 0.3 is 11.9 Å². The zero-order chi connectivity index (χ0) is 16.5. The second-order valence-corrected chi connectivity index (χ2v) is 4.96. The molecule has 1 aromatic carbocycles. The van der Waals surface area contributed by atoms with E-state index in [9.17, 15) is 5.11 Å². The predicted octanol–water partition coefficient (Wildman–Crippen LogP) is 0.236. The number of aliphatic carboxylic acids is 2. The summed E-state index contributed by atoms with van der Waals surface area (Å²) in [4.78, 5) is 18.2. The van der Waals surface area contributed by atoms with E-state index in [2.05, 4.69) is 5.32 Å². The van der Waals surface area contributed by atoms with Crippen molar-refractivity contribution in [3.63, 3.8) is 0 Å². The first-order valence-electron chi connectivity index (χ1n) is 6.24. The number of β-amino-alcohol motifs (C(OH)–C–C–N with tert-alkyl or cyclic N) is 1. The zero-order valence-electron chi connectivity index (χ0n) is 12.0. The van der Waals surface area contributed by atoms with Gasteiger partial charge in [-0.2, -0.15) is 0 Å². The van der Waals surface area contributed by atoms with Crippen LogP contribution < -0.4 is 5.32 Å². The minimum absolute atomic E-state index is 0.0501. The highest BCUT2D eigenvalue weighted by molar-refractivity contribution is 6.27. The molecule has 0 aromatic heterocycles. The van der Waals surface area contributed by atoms with E-state index in [1.54, 1.807) is 0 Å². The summed E-state index contributed by atoms with van der Waals surface area (Å²) in [5.74, 6) is -3.65. The lowest BCUT2D eigenvalue weighted by molar-refractivity contribution is -0.159. The third-order valence-corrected chi connectivity index (χ3v) is 2.54. The van der Waals surface area contributed by atoms with Crippen LogP contribution in [0.3, 0.4) is 0 Å². The molecule has 0 aliphatic heterocycles. The molecule has 1 aromatic rings. The van der Waals surface area contributed by atoms with Crippen LogP contribution in [-0.2, 0) is 9.59 Å². The summed E-state index contributed by atoms with van der Waals surface area (Å²) in [5.41, 5.74) is 0.536. The summed E-state index contributed by atoms with van der Waals surface area (Å²) in [6, 6.07) is 9.49. The van der Waals surface area contributed by atoms with Crippen LogP contribution in [0.25, 0.3) is 0 Å². The molecule has 0 radical (unpaired) electrons. The van der Waals surface area contributed by atoms with Gasteiger partial charge in [-0.25, -0.2) is 9.59 Å².